The maximum atomic E-state index is 6.38. The van der Waals surface area contributed by atoms with Gasteiger partial charge in [0.15, 0.2) is 0 Å². The van der Waals surface area contributed by atoms with E-state index in [2.05, 4.69) is 53.4 Å². The largest absolute Gasteiger partial charge is 0.487 e. The Labute approximate surface area is 113 Å². The van der Waals surface area contributed by atoms with Crippen molar-refractivity contribution in [2.75, 3.05) is 13.1 Å². The Kier molecular flexibility index (Phi) is 9.64. The second-order valence-corrected chi connectivity index (χ2v) is 8.30. The van der Waals surface area contributed by atoms with Crippen molar-refractivity contribution < 1.29 is 3.79 Å². The Morgan fingerprint density at radius 2 is 1.29 bits per heavy atom. The third kappa shape index (κ3) is 8.22. The van der Waals surface area contributed by atoms with Crippen LogP contribution in [0.15, 0.2) is 0 Å². The van der Waals surface area contributed by atoms with E-state index in [0.29, 0.717) is 6.23 Å². The highest BCUT2D eigenvalue weighted by Gasteiger charge is 2.26. The predicted octanol–water partition coefficient (Wildman–Crippen LogP) is 3.99. The summed E-state index contributed by atoms with van der Waals surface area (Å²) >= 11 is -1.03. The van der Waals surface area contributed by atoms with Crippen molar-refractivity contribution in [3.05, 3.63) is 0 Å². The summed E-state index contributed by atoms with van der Waals surface area (Å²) < 4.78 is 6.38. The van der Waals surface area contributed by atoms with E-state index in [0.717, 1.165) is 24.9 Å². The van der Waals surface area contributed by atoms with Gasteiger partial charge in [0.1, 0.15) is 0 Å². The van der Waals surface area contributed by atoms with Crippen molar-refractivity contribution in [1.82, 2.24) is 4.90 Å². The fraction of sp³-hybridized carbons (Fsp3) is 1.00. The molecule has 1 atom stereocenters. The molecule has 0 fully saturated rings. The highest BCUT2D eigenvalue weighted by Crippen LogP contribution is 2.17. The minimum absolute atomic E-state index is 0.305. The molecule has 0 saturated heterocycles. The first kappa shape index (κ1) is 17.5. The predicted molar refractivity (Wildman–Crippen MR) is 78.5 cm³/mol. The fourth-order valence-electron chi connectivity index (χ4n) is 2.36. The van der Waals surface area contributed by atoms with Crippen molar-refractivity contribution in [3.63, 3.8) is 0 Å². The Hall–Kier alpha value is 0.452. The molecule has 0 aliphatic carbocycles. The lowest BCUT2D eigenvalue weighted by atomic mass is 10.3. The Morgan fingerprint density at radius 1 is 0.882 bits per heavy atom. The van der Waals surface area contributed by atoms with Crippen LogP contribution in [0.5, 0.6) is 0 Å². The zero-order valence-electron chi connectivity index (χ0n) is 13.0. The molecule has 0 saturated carbocycles. The van der Waals surface area contributed by atoms with Gasteiger partial charge in [-0.05, 0) is 20.0 Å². The number of hydrogen-bond donors (Lipinski definition) is 0. The van der Waals surface area contributed by atoms with Crippen molar-refractivity contribution in [2.24, 2.45) is 11.8 Å². The van der Waals surface area contributed by atoms with E-state index in [1.54, 1.807) is 0 Å². The molecule has 102 valence electrons. The average molecular weight is 257 g/mol. The fourth-order valence-corrected chi connectivity index (χ4v) is 5.61. The van der Waals surface area contributed by atoms with Crippen LogP contribution >= 0.6 is 0 Å². The van der Waals surface area contributed by atoms with Crippen molar-refractivity contribution >= 4 is 14.5 Å². The summed E-state index contributed by atoms with van der Waals surface area (Å²) in [5, 5.41) is 2.62. The van der Waals surface area contributed by atoms with Crippen LogP contribution in [0.2, 0.25) is 10.6 Å². The molecule has 0 aromatic carbocycles. The van der Waals surface area contributed by atoms with Gasteiger partial charge in [0.05, 0.1) is 6.23 Å². The van der Waals surface area contributed by atoms with Gasteiger partial charge in [0.25, 0.3) is 0 Å². The maximum absolute atomic E-state index is 6.38. The number of hydrogen-bond acceptors (Lipinski definition) is 2. The molecule has 0 heterocycles. The van der Waals surface area contributed by atoms with E-state index in [1.807, 2.05) is 0 Å². The second kappa shape index (κ2) is 9.39. The molecular formula is C14H32AlNO. The SMILES string of the molecule is CCN(CC)C(C)[O][Al]([CH2]C(C)C)[CH2]C(C)C. The van der Waals surface area contributed by atoms with Crippen molar-refractivity contribution in [3.8, 4) is 0 Å². The van der Waals surface area contributed by atoms with Gasteiger partial charge in [-0.2, -0.15) is 0 Å². The van der Waals surface area contributed by atoms with Gasteiger partial charge in [-0.1, -0.05) is 63.9 Å². The number of rotatable bonds is 9. The van der Waals surface area contributed by atoms with Crippen LogP contribution in [0.3, 0.4) is 0 Å². The van der Waals surface area contributed by atoms with E-state index in [4.69, 9.17) is 3.79 Å². The van der Waals surface area contributed by atoms with Gasteiger partial charge >= 0.3 is 14.5 Å². The summed E-state index contributed by atoms with van der Waals surface area (Å²) in [4.78, 5) is 2.40. The minimum Gasteiger partial charge on any atom is -0.487 e. The molecule has 0 aromatic rings. The average Bonchev–Trinajstić information content (AvgIpc) is 2.16. The summed E-state index contributed by atoms with van der Waals surface area (Å²) in [6, 6.07) is 0. The minimum atomic E-state index is -1.03. The van der Waals surface area contributed by atoms with Crippen LogP contribution < -0.4 is 0 Å². The van der Waals surface area contributed by atoms with E-state index >= 15 is 0 Å². The molecule has 0 radical (unpaired) electrons. The summed E-state index contributed by atoms with van der Waals surface area (Å²) in [5.41, 5.74) is 0. The molecule has 0 N–H and O–H groups in total. The first-order valence-corrected chi connectivity index (χ1v) is 9.40. The molecule has 0 bridgehead atoms. The van der Waals surface area contributed by atoms with Gasteiger partial charge in [-0.15, -0.1) is 0 Å². The molecule has 0 spiro atoms. The normalized spacial score (nSPS) is 13.8. The lowest BCUT2D eigenvalue weighted by Crippen LogP contribution is -2.39. The van der Waals surface area contributed by atoms with Crippen LogP contribution in [0.25, 0.3) is 0 Å². The number of nitrogens with zero attached hydrogens (tertiary/aromatic N) is 1. The summed E-state index contributed by atoms with van der Waals surface area (Å²) in [6.07, 6.45) is 0.305. The second-order valence-electron chi connectivity index (χ2n) is 5.84. The highest BCUT2D eigenvalue weighted by atomic mass is 27.2. The molecular weight excluding hydrogens is 225 g/mol. The van der Waals surface area contributed by atoms with Gasteiger partial charge in [0.2, 0.25) is 0 Å². The topological polar surface area (TPSA) is 12.5 Å². The highest BCUT2D eigenvalue weighted by molar-refractivity contribution is 6.52. The lowest BCUT2D eigenvalue weighted by molar-refractivity contribution is 0.0440. The third-order valence-electron chi connectivity index (χ3n) is 3.18. The van der Waals surface area contributed by atoms with E-state index in [1.165, 1.54) is 10.6 Å². The summed E-state index contributed by atoms with van der Waals surface area (Å²) in [5.74, 6) is 1.55. The molecule has 17 heavy (non-hydrogen) atoms. The quantitative estimate of drug-likeness (QED) is 0.457. The standard InChI is InChI=1S/C6H14NO.2C4H9.Al/c1-4-7(5-2)6(3)8;2*1-4(2)3;/h6H,4-5H2,1-3H3;2*4H,1H2,2-3H3;/q-1;;;+1. The van der Waals surface area contributed by atoms with Crippen LogP contribution in [-0.4, -0.2) is 38.7 Å². The third-order valence-corrected chi connectivity index (χ3v) is 6.90. The van der Waals surface area contributed by atoms with Crippen LogP contribution in [-0.2, 0) is 3.79 Å². The molecule has 0 rings (SSSR count). The monoisotopic (exact) mass is 257 g/mol. The first-order valence-electron chi connectivity index (χ1n) is 7.30. The molecule has 0 aromatic heterocycles. The molecule has 0 amide bonds. The van der Waals surface area contributed by atoms with Crippen molar-refractivity contribution in [1.29, 1.82) is 0 Å². The Balaban J connectivity index is 4.29. The molecule has 3 heteroatoms. The summed E-state index contributed by atoms with van der Waals surface area (Å²) in [7, 11) is 0. The first-order chi connectivity index (χ1) is 7.90. The molecule has 0 aliphatic heterocycles. The van der Waals surface area contributed by atoms with Crippen LogP contribution in [0.4, 0.5) is 0 Å². The molecule has 0 aliphatic rings. The zero-order chi connectivity index (χ0) is 13.4. The van der Waals surface area contributed by atoms with Gasteiger partial charge in [-0.25, -0.2) is 0 Å². The van der Waals surface area contributed by atoms with Gasteiger partial charge in [0, 0.05) is 0 Å². The van der Waals surface area contributed by atoms with Crippen LogP contribution in [0, 0.1) is 11.8 Å². The smallest absolute Gasteiger partial charge is 0.462 e. The van der Waals surface area contributed by atoms with E-state index < -0.39 is 14.5 Å². The molecule has 1 unspecified atom stereocenters. The Bertz CT molecular complexity index is 171. The van der Waals surface area contributed by atoms with Crippen LogP contribution in [0.1, 0.15) is 48.5 Å². The lowest BCUT2D eigenvalue weighted by Gasteiger charge is -2.30. The van der Waals surface area contributed by atoms with Crippen molar-refractivity contribution in [2.45, 2.75) is 65.3 Å². The Morgan fingerprint density at radius 3 is 1.59 bits per heavy atom. The van der Waals surface area contributed by atoms with Gasteiger partial charge in [-0.3, -0.25) is 4.90 Å². The van der Waals surface area contributed by atoms with E-state index in [9.17, 15) is 0 Å². The summed E-state index contributed by atoms with van der Waals surface area (Å²) in [6.45, 7) is 18.1. The van der Waals surface area contributed by atoms with E-state index in [-0.39, 0.29) is 0 Å². The van der Waals surface area contributed by atoms with Gasteiger partial charge < -0.3 is 3.79 Å². The zero-order valence-corrected chi connectivity index (χ0v) is 14.1. The molecule has 2 nitrogen and oxygen atoms in total. The maximum Gasteiger partial charge on any atom is 0.462 e.